The van der Waals surface area contributed by atoms with E-state index in [0.29, 0.717) is 5.69 Å². The molecule has 3 N–H and O–H groups in total. The van der Waals surface area contributed by atoms with Gasteiger partial charge in [0.25, 0.3) is 0 Å². The van der Waals surface area contributed by atoms with Crippen molar-refractivity contribution in [3.05, 3.63) is 40.3 Å². The Balaban J connectivity index is 2.13. The van der Waals surface area contributed by atoms with Crippen LogP contribution in [0.2, 0.25) is 0 Å². The highest BCUT2D eigenvalue weighted by Crippen LogP contribution is 2.15. The van der Waals surface area contributed by atoms with Crippen molar-refractivity contribution in [2.45, 2.75) is 18.7 Å². The van der Waals surface area contributed by atoms with Gasteiger partial charge in [-0.25, -0.2) is 18.5 Å². The fraction of sp³-hybridized carbons (Fsp3) is 0.167. The summed E-state index contributed by atoms with van der Waals surface area (Å²) in [6.07, 6.45) is 0. The van der Waals surface area contributed by atoms with E-state index < -0.39 is 10.0 Å². The van der Waals surface area contributed by atoms with Crippen molar-refractivity contribution >= 4 is 32.8 Å². The maximum atomic E-state index is 11.1. The zero-order valence-corrected chi connectivity index (χ0v) is 12.6. The fourth-order valence-electron chi connectivity index (χ4n) is 1.57. The molecule has 0 spiro atoms. The second kappa shape index (κ2) is 5.70. The van der Waals surface area contributed by atoms with Crippen LogP contribution in [0.4, 0.5) is 5.69 Å². The predicted molar refractivity (Wildman–Crippen MR) is 80.5 cm³/mol. The number of aryl methyl sites for hydroxylation is 1. The van der Waals surface area contributed by atoms with Gasteiger partial charge in [-0.3, -0.25) is 5.43 Å². The quantitative estimate of drug-likeness (QED) is 0.666. The van der Waals surface area contributed by atoms with Crippen LogP contribution in [0.15, 0.2) is 39.8 Å². The summed E-state index contributed by atoms with van der Waals surface area (Å²) in [6, 6.07) is 6.08. The Morgan fingerprint density at radius 3 is 2.50 bits per heavy atom. The number of anilines is 1. The van der Waals surface area contributed by atoms with E-state index in [-0.39, 0.29) is 4.90 Å². The second-order valence-electron chi connectivity index (χ2n) is 4.15. The first-order valence-corrected chi connectivity index (χ1v) is 8.14. The molecule has 6 nitrogen and oxygen atoms in total. The minimum absolute atomic E-state index is 0.0713. The van der Waals surface area contributed by atoms with Crippen molar-refractivity contribution in [3.8, 4) is 0 Å². The van der Waals surface area contributed by atoms with Gasteiger partial charge in [0.15, 0.2) is 0 Å². The number of nitrogens with zero attached hydrogens (tertiary/aromatic N) is 2. The van der Waals surface area contributed by atoms with Crippen LogP contribution in [-0.4, -0.2) is 19.1 Å². The topological polar surface area (TPSA) is 97.4 Å². The van der Waals surface area contributed by atoms with Gasteiger partial charge in [-0.05, 0) is 38.1 Å². The number of benzene rings is 1. The summed E-state index contributed by atoms with van der Waals surface area (Å²) in [4.78, 5) is 5.24. The highest BCUT2D eigenvalue weighted by atomic mass is 32.2. The smallest absolute Gasteiger partial charge is 0.238 e. The van der Waals surface area contributed by atoms with Gasteiger partial charge in [-0.15, -0.1) is 11.3 Å². The van der Waals surface area contributed by atoms with Crippen LogP contribution in [0.5, 0.6) is 0 Å². The number of hydrazone groups is 1. The Bertz CT molecular complexity index is 733. The van der Waals surface area contributed by atoms with Crippen molar-refractivity contribution < 1.29 is 8.42 Å². The third kappa shape index (κ3) is 3.41. The molecule has 0 aliphatic rings. The Hall–Kier alpha value is -1.77. The molecule has 0 saturated heterocycles. The summed E-state index contributed by atoms with van der Waals surface area (Å²) in [5, 5.41) is 9.27. The number of hydrogen-bond acceptors (Lipinski definition) is 6. The standard InChI is InChI=1S/C12H14N4O2S2/c1-8-12(19-7-14-8)9(2)15-16-10-3-5-11(6-4-10)20(13,17)18/h3-7,16H,1-2H3,(H2,13,17,18)/b15-9+. The molecule has 0 atom stereocenters. The molecular weight excluding hydrogens is 296 g/mol. The zero-order chi connectivity index (χ0) is 14.8. The summed E-state index contributed by atoms with van der Waals surface area (Å²) in [5.74, 6) is 0. The predicted octanol–water partition coefficient (Wildman–Crippen LogP) is 1.94. The first-order chi connectivity index (χ1) is 9.38. The average molecular weight is 310 g/mol. The number of thiazole rings is 1. The van der Waals surface area contributed by atoms with Gasteiger partial charge >= 0.3 is 0 Å². The summed E-state index contributed by atoms with van der Waals surface area (Å²) in [5.41, 5.74) is 7.07. The van der Waals surface area contributed by atoms with E-state index in [9.17, 15) is 8.42 Å². The molecule has 0 saturated carbocycles. The van der Waals surface area contributed by atoms with Gasteiger partial charge in [0.2, 0.25) is 10.0 Å². The van der Waals surface area contributed by atoms with Gasteiger partial charge in [0.1, 0.15) is 0 Å². The van der Waals surface area contributed by atoms with Crippen LogP contribution in [0.1, 0.15) is 17.5 Å². The van der Waals surface area contributed by atoms with Crippen LogP contribution in [0.3, 0.4) is 0 Å². The first kappa shape index (κ1) is 14.6. The lowest BCUT2D eigenvalue weighted by atomic mass is 10.3. The molecular formula is C12H14N4O2S2. The van der Waals surface area contributed by atoms with Crippen LogP contribution < -0.4 is 10.6 Å². The van der Waals surface area contributed by atoms with Crippen molar-refractivity contribution in [1.29, 1.82) is 0 Å². The minimum Gasteiger partial charge on any atom is -0.278 e. The molecule has 0 amide bonds. The van der Waals surface area contributed by atoms with Gasteiger partial charge in [0.05, 0.1) is 32.4 Å². The van der Waals surface area contributed by atoms with Gasteiger partial charge in [-0.2, -0.15) is 5.10 Å². The van der Waals surface area contributed by atoms with E-state index in [1.54, 1.807) is 17.6 Å². The van der Waals surface area contributed by atoms with E-state index in [4.69, 9.17) is 5.14 Å². The van der Waals surface area contributed by atoms with E-state index in [1.165, 1.54) is 23.5 Å². The molecule has 0 bridgehead atoms. The molecule has 2 rings (SSSR count). The molecule has 1 aromatic heterocycles. The highest BCUT2D eigenvalue weighted by Gasteiger charge is 2.07. The molecule has 0 aliphatic carbocycles. The summed E-state index contributed by atoms with van der Waals surface area (Å²) in [6.45, 7) is 3.80. The second-order valence-corrected chi connectivity index (χ2v) is 6.56. The number of nitrogens with two attached hydrogens (primary N) is 1. The van der Waals surface area contributed by atoms with E-state index >= 15 is 0 Å². The van der Waals surface area contributed by atoms with E-state index in [1.807, 2.05) is 13.8 Å². The maximum absolute atomic E-state index is 11.1. The molecule has 1 aromatic carbocycles. The molecule has 0 fully saturated rings. The highest BCUT2D eigenvalue weighted by molar-refractivity contribution is 7.89. The lowest BCUT2D eigenvalue weighted by Gasteiger charge is -2.04. The molecule has 106 valence electrons. The van der Waals surface area contributed by atoms with Crippen molar-refractivity contribution in [1.82, 2.24) is 4.98 Å². The normalized spacial score (nSPS) is 12.4. The summed E-state index contributed by atoms with van der Waals surface area (Å²) < 4.78 is 22.3. The third-order valence-corrected chi connectivity index (χ3v) is 4.58. The number of sulfonamides is 1. The van der Waals surface area contributed by atoms with E-state index in [2.05, 4.69) is 15.5 Å². The van der Waals surface area contributed by atoms with Crippen molar-refractivity contribution in [2.75, 3.05) is 5.43 Å². The largest absolute Gasteiger partial charge is 0.278 e. The fourth-order valence-corrected chi connectivity index (χ4v) is 2.84. The number of rotatable bonds is 4. The molecule has 8 heteroatoms. The molecule has 2 aromatic rings. The van der Waals surface area contributed by atoms with Gasteiger partial charge in [-0.1, -0.05) is 0 Å². The van der Waals surface area contributed by atoms with Gasteiger partial charge in [0, 0.05) is 0 Å². The van der Waals surface area contributed by atoms with Crippen molar-refractivity contribution in [2.24, 2.45) is 10.2 Å². The number of primary sulfonamides is 1. The molecule has 1 heterocycles. The number of hydrogen-bond donors (Lipinski definition) is 2. The van der Waals surface area contributed by atoms with Crippen LogP contribution >= 0.6 is 11.3 Å². The first-order valence-electron chi connectivity index (χ1n) is 5.71. The van der Waals surface area contributed by atoms with Crippen LogP contribution in [0.25, 0.3) is 0 Å². The third-order valence-electron chi connectivity index (χ3n) is 2.61. The van der Waals surface area contributed by atoms with Crippen LogP contribution in [-0.2, 0) is 10.0 Å². The SMILES string of the molecule is C/C(=N\Nc1ccc(S(N)(=O)=O)cc1)c1scnc1C. The van der Waals surface area contributed by atoms with Gasteiger partial charge < -0.3 is 0 Å². The Kier molecular flexibility index (Phi) is 4.17. The zero-order valence-electron chi connectivity index (χ0n) is 11.0. The number of aromatic nitrogens is 1. The Morgan fingerprint density at radius 1 is 1.35 bits per heavy atom. The minimum atomic E-state index is -3.66. The van der Waals surface area contributed by atoms with E-state index in [0.717, 1.165) is 16.3 Å². The lowest BCUT2D eigenvalue weighted by molar-refractivity contribution is 0.598. The molecule has 0 radical (unpaired) electrons. The molecule has 20 heavy (non-hydrogen) atoms. The summed E-state index contributed by atoms with van der Waals surface area (Å²) >= 11 is 1.52. The maximum Gasteiger partial charge on any atom is 0.238 e. The Morgan fingerprint density at radius 2 is 2.00 bits per heavy atom. The summed E-state index contributed by atoms with van der Waals surface area (Å²) in [7, 11) is -3.66. The van der Waals surface area contributed by atoms with Crippen molar-refractivity contribution in [3.63, 3.8) is 0 Å². The van der Waals surface area contributed by atoms with Crippen LogP contribution in [0, 0.1) is 6.92 Å². The molecule has 0 aliphatic heterocycles. The lowest BCUT2D eigenvalue weighted by Crippen LogP contribution is -2.11. The Labute approximate surface area is 121 Å². The number of nitrogens with one attached hydrogen (secondary N) is 1. The average Bonchev–Trinajstić information content (AvgIpc) is 2.82. The monoisotopic (exact) mass is 310 g/mol. The molecule has 0 unspecified atom stereocenters.